The number of aliphatic hydroxyl groups excluding tert-OH is 1. The van der Waals surface area contributed by atoms with Gasteiger partial charge in [-0.1, -0.05) is 25.5 Å². The van der Waals surface area contributed by atoms with Crippen LogP contribution in [0.25, 0.3) is 16.6 Å². The highest BCUT2D eigenvalue weighted by molar-refractivity contribution is 6.30. The summed E-state index contributed by atoms with van der Waals surface area (Å²) >= 11 is 0. The van der Waals surface area contributed by atoms with E-state index in [0.717, 1.165) is 29.4 Å². The Kier molecular flexibility index (Phi) is 5.27. The van der Waals surface area contributed by atoms with E-state index in [-0.39, 0.29) is 24.1 Å². The number of amidine groups is 1. The van der Waals surface area contributed by atoms with Gasteiger partial charge in [0, 0.05) is 5.69 Å². The molecule has 0 amide bonds. The van der Waals surface area contributed by atoms with E-state index < -0.39 is 0 Å². The van der Waals surface area contributed by atoms with Crippen molar-refractivity contribution in [2.24, 2.45) is 0 Å². The van der Waals surface area contributed by atoms with E-state index in [9.17, 15) is 9.90 Å². The van der Waals surface area contributed by atoms with Crippen molar-refractivity contribution in [2.45, 2.75) is 26.7 Å². The van der Waals surface area contributed by atoms with Crippen LogP contribution in [0.3, 0.4) is 0 Å². The monoisotopic (exact) mass is 404 g/mol. The molecule has 3 aromatic rings. The molecule has 0 saturated carbocycles. The molecule has 1 aromatic heterocycles. The first-order valence-electron chi connectivity index (χ1n) is 10.0. The summed E-state index contributed by atoms with van der Waals surface area (Å²) in [5.74, 6) is 0.253. The minimum absolute atomic E-state index is 0.0618. The second kappa shape index (κ2) is 8.02. The first-order valence-corrected chi connectivity index (χ1v) is 10.0. The molecule has 0 spiro atoms. The Labute approximate surface area is 174 Å². The average molecular weight is 404 g/mol. The van der Waals surface area contributed by atoms with Gasteiger partial charge in [-0.3, -0.25) is 5.41 Å². The predicted molar refractivity (Wildman–Crippen MR) is 117 cm³/mol. The first kappa shape index (κ1) is 19.7. The number of carbonyl (C=O) groups is 1. The summed E-state index contributed by atoms with van der Waals surface area (Å²) in [4.78, 5) is 21.7. The van der Waals surface area contributed by atoms with Crippen LogP contribution < -0.4 is 4.90 Å². The number of carbonyl (C=O) groups excluding carboxylic acids is 1. The number of ether oxygens (including phenoxy) is 1. The van der Waals surface area contributed by atoms with Crippen molar-refractivity contribution in [1.82, 2.24) is 9.97 Å². The van der Waals surface area contributed by atoms with Crippen LogP contribution in [0.2, 0.25) is 0 Å². The Morgan fingerprint density at radius 1 is 1.30 bits per heavy atom. The van der Waals surface area contributed by atoms with Crippen molar-refractivity contribution in [1.29, 1.82) is 5.41 Å². The molecule has 30 heavy (non-hydrogen) atoms. The summed E-state index contributed by atoms with van der Waals surface area (Å²) in [5, 5.41) is 19.2. The molecule has 1 aliphatic heterocycles. The fourth-order valence-corrected chi connectivity index (χ4v) is 3.48. The second-order valence-electron chi connectivity index (χ2n) is 7.40. The number of aliphatic hydroxyl groups is 1. The maximum atomic E-state index is 12.3. The number of hydrogen-bond acceptors (Lipinski definition) is 5. The number of rotatable bonds is 6. The molecule has 0 radical (unpaired) electrons. The van der Waals surface area contributed by atoms with Crippen LogP contribution in [-0.2, 0) is 4.74 Å². The van der Waals surface area contributed by atoms with Gasteiger partial charge in [-0.25, -0.2) is 9.78 Å². The molecule has 0 bridgehead atoms. The number of imidazole rings is 1. The number of esters is 1. The first-order chi connectivity index (χ1) is 14.5. The van der Waals surface area contributed by atoms with Gasteiger partial charge in [-0.05, 0) is 49.2 Å². The number of nitrogens with one attached hydrogen (secondary N) is 2. The van der Waals surface area contributed by atoms with Crippen LogP contribution in [0.15, 0.2) is 48.2 Å². The third-order valence-electron chi connectivity index (χ3n) is 5.10. The van der Waals surface area contributed by atoms with Gasteiger partial charge in [0.15, 0.2) is 0 Å². The largest absolute Gasteiger partial charge is 0.509 e. The minimum atomic E-state index is -0.388. The number of benzene rings is 2. The summed E-state index contributed by atoms with van der Waals surface area (Å²) < 4.78 is 5.28. The zero-order chi connectivity index (χ0) is 21.3. The summed E-state index contributed by atoms with van der Waals surface area (Å²) in [6.45, 7) is 4.56. The molecular weight excluding hydrogens is 380 g/mol. The fraction of sp³-hybridized carbons (Fsp3) is 0.261. The van der Waals surface area contributed by atoms with E-state index in [1.165, 1.54) is 0 Å². The van der Waals surface area contributed by atoms with E-state index >= 15 is 0 Å². The van der Waals surface area contributed by atoms with E-state index in [1.807, 2.05) is 32.0 Å². The van der Waals surface area contributed by atoms with Crippen molar-refractivity contribution < 1.29 is 14.6 Å². The summed E-state index contributed by atoms with van der Waals surface area (Å²) in [6.07, 6.45) is 1.77. The topological polar surface area (TPSA) is 102 Å². The van der Waals surface area contributed by atoms with Gasteiger partial charge < -0.3 is 19.7 Å². The smallest absolute Gasteiger partial charge is 0.338 e. The molecular formula is C23H24N4O3. The van der Waals surface area contributed by atoms with E-state index in [1.54, 1.807) is 29.2 Å². The maximum absolute atomic E-state index is 12.3. The number of aromatic amines is 1. The van der Waals surface area contributed by atoms with Gasteiger partial charge in [0.25, 0.3) is 0 Å². The van der Waals surface area contributed by atoms with Gasteiger partial charge in [0.2, 0.25) is 0 Å². The Balaban J connectivity index is 1.58. The Morgan fingerprint density at radius 2 is 2.13 bits per heavy atom. The van der Waals surface area contributed by atoms with E-state index in [4.69, 9.17) is 10.1 Å². The maximum Gasteiger partial charge on any atom is 0.338 e. The number of hydrogen-bond donors (Lipinski definition) is 3. The standard InChI is InChI=1S/C23H24N4O3/c1-3-4-10-30-23(29)15-6-5-7-16(12-15)27-13-19(28)20(21(27)24)22-25-17-9-8-14(2)11-18(17)26-22/h5-9,11-12,24,28H,3-4,10,13H2,1-2H3,(H,25,26). The van der Waals surface area contributed by atoms with Crippen LogP contribution >= 0.6 is 0 Å². The number of unbranched alkanes of at least 4 members (excludes halogenated alkanes) is 1. The highest BCUT2D eigenvalue weighted by Gasteiger charge is 2.31. The molecule has 3 N–H and O–H groups in total. The highest BCUT2D eigenvalue weighted by Crippen LogP contribution is 2.31. The lowest BCUT2D eigenvalue weighted by Gasteiger charge is -2.19. The minimum Gasteiger partial charge on any atom is -0.509 e. The zero-order valence-corrected chi connectivity index (χ0v) is 17.0. The molecule has 0 fully saturated rings. The number of aryl methyl sites for hydroxylation is 1. The normalized spacial score (nSPS) is 14.1. The van der Waals surface area contributed by atoms with Gasteiger partial charge in [-0.15, -0.1) is 0 Å². The van der Waals surface area contributed by atoms with Gasteiger partial charge in [0.1, 0.15) is 17.4 Å². The van der Waals surface area contributed by atoms with Crippen LogP contribution in [-0.4, -0.2) is 40.0 Å². The molecule has 1 aliphatic rings. The summed E-state index contributed by atoms with van der Waals surface area (Å²) in [7, 11) is 0. The number of fused-ring (bicyclic) bond motifs is 1. The Morgan fingerprint density at radius 3 is 2.93 bits per heavy atom. The number of aromatic nitrogens is 2. The van der Waals surface area contributed by atoms with E-state index in [2.05, 4.69) is 9.97 Å². The van der Waals surface area contributed by atoms with Crippen molar-refractivity contribution in [3.05, 3.63) is 65.2 Å². The van der Waals surface area contributed by atoms with Gasteiger partial charge in [-0.2, -0.15) is 0 Å². The Hall–Kier alpha value is -3.61. The fourth-order valence-electron chi connectivity index (χ4n) is 3.48. The molecule has 0 aliphatic carbocycles. The summed E-state index contributed by atoms with van der Waals surface area (Å²) in [5.41, 5.74) is 4.15. The molecule has 0 unspecified atom stereocenters. The van der Waals surface area contributed by atoms with E-state index in [0.29, 0.717) is 29.3 Å². The van der Waals surface area contributed by atoms with Crippen molar-refractivity contribution in [3.8, 4) is 0 Å². The average Bonchev–Trinajstić information content (AvgIpc) is 3.27. The zero-order valence-electron chi connectivity index (χ0n) is 17.0. The molecule has 7 heteroatoms. The lowest BCUT2D eigenvalue weighted by molar-refractivity contribution is 0.0500. The third-order valence-corrected chi connectivity index (χ3v) is 5.10. The molecule has 154 valence electrons. The highest BCUT2D eigenvalue weighted by atomic mass is 16.5. The Bertz CT molecular complexity index is 1160. The quantitative estimate of drug-likeness (QED) is 0.412. The van der Waals surface area contributed by atoms with Crippen LogP contribution in [0.5, 0.6) is 0 Å². The molecule has 0 saturated heterocycles. The lowest BCUT2D eigenvalue weighted by atomic mass is 10.2. The lowest BCUT2D eigenvalue weighted by Crippen LogP contribution is -2.26. The van der Waals surface area contributed by atoms with Crippen molar-refractivity contribution in [2.75, 3.05) is 18.1 Å². The van der Waals surface area contributed by atoms with Gasteiger partial charge in [0.05, 0.1) is 35.3 Å². The van der Waals surface area contributed by atoms with Crippen molar-refractivity contribution >= 4 is 34.1 Å². The van der Waals surface area contributed by atoms with Crippen LogP contribution in [0, 0.1) is 12.3 Å². The van der Waals surface area contributed by atoms with Crippen molar-refractivity contribution in [3.63, 3.8) is 0 Å². The summed E-state index contributed by atoms with van der Waals surface area (Å²) in [6, 6.07) is 12.8. The molecule has 4 rings (SSSR count). The van der Waals surface area contributed by atoms with Crippen LogP contribution in [0.4, 0.5) is 5.69 Å². The molecule has 0 atom stereocenters. The van der Waals surface area contributed by atoms with Crippen LogP contribution in [0.1, 0.15) is 41.5 Å². The second-order valence-corrected chi connectivity index (χ2v) is 7.40. The molecule has 2 heterocycles. The molecule has 2 aromatic carbocycles. The number of anilines is 1. The number of H-pyrrole nitrogens is 1. The van der Waals surface area contributed by atoms with Gasteiger partial charge >= 0.3 is 5.97 Å². The number of nitrogens with zero attached hydrogens (tertiary/aromatic N) is 2. The SMILES string of the molecule is CCCCOC(=O)c1cccc(N2CC(O)=C(c3nc4ccc(C)cc4[nH]3)C2=N)c1. The third kappa shape index (κ3) is 3.66. The predicted octanol–water partition coefficient (Wildman–Crippen LogP) is 4.59. The molecule has 7 nitrogen and oxygen atoms in total.